The molecule has 0 unspecified atom stereocenters. The van der Waals surface area contributed by atoms with Gasteiger partial charge in [-0.3, -0.25) is 9.36 Å². The summed E-state index contributed by atoms with van der Waals surface area (Å²) in [6, 6.07) is 4.13. The smallest absolute Gasteiger partial charge is 0.223 e. The van der Waals surface area contributed by atoms with E-state index in [1.165, 1.54) is 10.4 Å². The number of amides is 1. The minimum atomic E-state index is 0.242. The van der Waals surface area contributed by atoms with Crippen LogP contribution in [0.3, 0.4) is 0 Å². The third-order valence-corrected chi connectivity index (χ3v) is 6.88. The lowest BCUT2D eigenvalue weighted by molar-refractivity contribution is -0.131. The van der Waals surface area contributed by atoms with E-state index in [1.807, 2.05) is 42.6 Å². The number of piperazine rings is 1. The van der Waals surface area contributed by atoms with E-state index in [4.69, 9.17) is 0 Å². The predicted molar refractivity (Wildman–Crippen MR) is 120 cm³/mol. The second-order valence-electron chi connectivity index (χ2n) is 7.81. The quantitative estimate of drug-likeness (QED) is 0.629. The van der Waals surface area contributed by atoms with Gasteiger partial charge in [0.1, 0.15) is 23.8 Å². The largest absolute Gasteiger partial charge is 0.353 e. The number of hydrogen-bond donors (Lipinski definition) is 0. The molecule has 0 radical (unpaired) electrons. The summed E-state index contributed by atoms with van der Waals surface area (Å²) in [6.45, 7) is 11.1. The minimum Gasteiger partial charge on any atom is -0.353 e. The topological polar surface area (TPSA) is 67.2 Å². The number of carbonyl (C=O) groups excluding carboxylic acids is 1. The maximum atomic E-state index is 12.7. The highest BCUT2D eigenvalue weighted by Crippen LogP contribution is 2.21. The number of aromatic nitrogens is 4. The lowest BCUT2D eigenvalue weighted by Crippen LogP contribution is -2.49. The highest BCUT2D eigenvalue weighted by molar-refractivity contribution is 7.10. The van der Waals surface area contributed by atoms with Gasteiger partial charge in [-0.1, -0.05) is 0 Å². The molecule has 1 amide bonds. The van der Waals surface area contributed by atoms with Crippen LogP contribution in [0.1, 0.15) is 34.1 Å². The van der Waals surface area contributed by atoms with Crippen molar-refractivity contribution in [3.05, 3.63) is 51.5 Å². The molecule has 4 heterocycles. The number of nitrogens with zero attached hydrogens (tertiary/aromatic N) is 6. The Morgan fingerprint density at radius 3 is 2.43 bits per heavy atom. The Bertz CT molecular complexity index is 1050. The Morgan fingerprint density at radius 1 is 1.07 bits per heavy atom. The monoisotopic (exact) mass is 424 g/mol. The normalized spacial score (nSPS) is 14.4. The van der Waals surface area contributed by atoms with Crippen LogP contribution in [0.4, 0.5) is 5.82 Å². The number of imidazole rings is 1. The molecule has 8 heteroatoms. The van der Waals surface area contributed by atoms with Gasteiger partial charge < -0.3 is 9.80 Å². The minimum absolute atomic E-state index is 0.242. The van der Waals surface area contributed by atoms with Crippen molar-refractivity contribution in [1.29, 1.82) is 0 Å². The second kappa shape index (κ2) is 8.55. The van der Waals surface area contributed by atoms with Gasteiger partial charge >= 0.3 is 0 Å². The van der Waals surface area contributed by atoms with Crippen molar-refractivity contribution < 1.29 is 4.79 Å². The van der Waals surface area contributed by atoms with E-state index < -0.39 is 0 Å². The van der Waals surface area contributed by atoms with Crippen LogP contribution in [-0.2, 0) is 11.2 Å². The van der Waals surface area contributed by atoms with Gasteiger partial charge in [-0.05, 0) is 51.1 Å². The zero-order chi connectivity index (χ0) is 21.3. The summed E-state index contributed by atoms with van der Waals surface area (Å²) >= 11 is 1.74. The van der Waals surface area contributed by atoms with Crippen LogP contribution in [0.5, 0.6) is 0 Å². The molecule has 0 bridgehead atoms. The third-order valence-electron chi connectivity index (χ3n) is 5.80. The van der Waals surface area contributed by atoms with Crippen LogP contribution in [-0.4, -0.2) is 56.5 Å². The molecule has 0 spiro atoms. The third kappa shape index (κ3) is 4.23. The molecule has 1 aliphatic heterocycles. The van der Waals surface area contributed by atoms with Crippen molar-refractivity contribution in [3.8, 4) is 5.82 Å². The molecule has 158 valence electrons. The first-order valence-electron chi connectivity index (χ1n) is 10.3. The molecular formula is C22H28N6OS. The molecule has 1 fully saturated rings. The molecule has 30 heavy (non-hydrogen) atoms. The Kier molecular flexibility index (Phi) is 5.85. The standard InChI is InChI=1S/C22H28N6OS/c1-15-7-12-30-19(15)5-6-22(29)27-10-8-26(9-11-27)20-13-21(25-18(4)24-20)28-14-23-16(2)17(28)3/h7,12-14H,5-6,8-11H2,1-4H3. The van der Waals surface area contributed by atoms with Crippen LogP contribution in [0.15, 0.2) is 23.8 Å². The Hall–Kier alpha value is -2.74. The summed E-state index contributed by atoms with van der Waals surface area (Å²) in [5.74, 6) is 2.72. The zero-order valence-corrected chi connectivity index (χ0v) is 18.9. The zero-order valence-electron chi connectivity index (χ0n) is 18.1. The van der Waals surface area contributed by atoms with Crippen LogP contribution in [0.25, 0.3) is 5.82 Å². The van der Waals surface area contributed by atoms with Gasteiger partial charge in [-0.2, -0.15) is 0 Å². The summed E-state index contributed by atoms with van der Waals surface area (Å²) in [4.78, 5) is 31.8. The molecule has 0 aliphatic carbocycles. The number of anilines is 1. The summed E-state index contributed by atoms with van der Waals surface area (Å²) in [6.07, 6.45) is 3.22. The van der Waals surface area contributed by atoms with Crippen molar-refractivity contribution in [1.82, 2.24) is 24.4 Å². The first-order valence-corrected chi connectivity index (χ1v) is 11.2. The molecule has 4 rings (SSSR count). The van der Waals surface area contributed by atoms with Crippen LogP contribution < -0.4 is 4.90 Å². The van der Waals surface area contributed by atoms with Crippen molar-refractivity contribution in [3.63, 3.8) is 0 Å². The van der Waals surface area contributed by atoms with Gasteiger partial charge in [-0.15, -0.1) is 11.3 Å². The number of hydrogen-bond acceptors (Lipinski definition) is 6. The van der Waals surface area contributed by atoms with E-state index in [-0.39, 0.29) is 5.91 Å². The highest BCUT2D eigenvalue weighted by Gasteiger charge is 2.23. The molecular weight excluding hydrogens is 396 g/mol. The summed E-state index contributed by atoms with van der Waals surface area (Å²) < 4.78 is 2.00. The van der Waals surface area contributed by atoms with Crippen molar-refractivity contribution >= 4 is 23.1 Å². The number of carbonyl (C=O) groups is 1. The SMILES string of the molecule is Cc1nc(N2CCN(C(=O)CCc3sccc3C)CC2)cc(-n2cnc(C)c2C)n1. The summed E-state index contributed by atoms with van der Waals surface area (Å²) in [5.41, 5.74) is 3.36. The lowest BCUT2D eigenvalue weighted by atomic mass is 10.2. The summed E-state index contributed by atoms with van der Waals surface area (Å²) in [7, 11) is 0. The van der Waals surface area contributed by atoms with E-state index in [2.05, 4.69) is 38.2 Å². The lowest BCUT2D eigenvalue weighted by Gasteiger charge is -2.35. The van der Waals surface area contributed by atoms with Gasteiger partial charge in [0.05, 0.1) is 5.69 Å². The van der Waals surface area contributed by atoms with Gasteiger partial charge in [-0.25, -0.2) is 15.0 Å². The number of rotatable bonds is 5. The maximum Gasteiger partial charge on any atom is 0.223 e. The molecule has 3 aromatic rings. The van der Waals surface area contributed by atoms with E-state index in [0.29, 0.717) is 6.42 Å². The highest BCUT2D eigenvalue weighted by atomic mass is 32.1. The maximum absolute atomic E-state index is 12.7. The Labute approximate surface area is 181 Å². The average Bonchev–Trinajstić information content (AvgIpc) is 3.30. The molecule has 7 nitrogen and oxygen atoms in total. The molecule has 3 aromatic heterocycles. The first kappa shape index (κ1) is 20.5. The molecule has 0 N–H and O–H groups in total. The fraction of sp³-hybridized carbons (Fsp3) is 0.455. The van der Waals surface area contributed by atoms with E-state index in [9.17, 15) is 4.79 Å². The van der Waals surface area contributed by atoms with Gasteiger partial charge in [0, 0.05) is 49.2 Å². The Balaban J connectivity index is 1.40. The number of aryl methyl sites for hydroxylation is 4. The molecule has 1 saturated heterocycles. The predicted octanol–water partition coefficient (Wildman–Crippen LogP) is 3.24. The summed E-state index contributed by atoms with van der Waals surface area (Å²) in [5, 5.41) is 2.10. The molecule has 0 aromatic carbocycles. The van der Waals surface area contributed by atoms with Crippen molar-refractivity contribution in [2.75, 3.05) is 31.1 Å². The molecule has 0 saturated carbocycles. The average molecular weight is 425 g/mol. The molecule has 1 aliphatic rings. The van der Waals surface area contributed by atoms with E-state index in [1.54, 1.807) is 11.3 Å². The van der Waals surface area contributed by atoms with Crippen LogP contribution in [0.2, 0.25) is 0 Å². The van der Waals surface area contributed by atoms with Gasteiger partial charge in [0.2, 0.25) is 5.91 Å². The van der Waals surface area contributed by atoms with Crippen molar-refractivity contribution in [2.45, 2.75) is 40.5 Å². The Morgan fingerprint density at radius 2 is 1.80 bits per heavy atom. The van der Waals surface area contributed by atoms with Crippen LogP contribution in [0, 0.1) is 27.7 Å². The molecule has 0 atom stereocenters. The van der Waals surface area contributed by atoms with Gasteiger partial charge in [0.25, 0.3) is 0 Å². The van der Waals surface area contributed by atoms with Crippen LogP contribution >= 0.6 is 11.3 Å². The van der Waals surface area contributed by atoms with E-state index >= 15 is 0 Å². The fourth-order valence-corrected chi connectivity index (χ4v) is 4.69. The van der Waals surface area contributed by atoms with Gasteiger partial charge in [0.15, 0.2) is 0 Å². The number of thiophene rings is 1. The van der Waals surface area contributed by atoms with E-state index in [0.717, 1.165) is 61.4 Å². The van der Waals surface area contributed by atoms with Crippen molar-refractivity contribution in [2.24, 2.45) is 0 Å². The second-order valence-corrected chi connectivity index (χ2v) is 8.81. The first-order chi connectivity index (χ1) is 14.4. The fourth-order valence-electron chi connectivity index (χ4n) is 3.78.